The van der Waals surface area contributed by atoms with Gasteiger partial charge in [-0.3, -0.25) is 9.48 Å². The summed E-state index contributed by atoms with van der Waals surface area (Å²) in [6.07, 6.45) is 3.86. The zero-order valence-electron chi connectivity index (χ0n) is 13.2. The molecule has 1 aromatic carbocycles. The number of sulfone groups is 1. The van der Waals surface area contributed by atoms with Gasteiger partial charge in [0.15, 0.2) is 15.6 Å². The van der Waals surface area contributed by atoms with Gasteiger partial charge in [0.2, 0.25) is 0 Å². The zero-order valence-corrected chi connectivity index (χ0v) is 14.8. The van der Waals surface area contributed by atoms with E-state index in [2.05, 4.69) is 9.84 Å². The molecule has 1 aromatic heterocycles. The molecule has 7 nitrogen and oxygen atoms in total. The smallest absolute Gasteiger partial charge is 0.340 e. The van der Waals surface area contributed by atoms with Crippen LogP contribution < -0.4 is 0 Å². The highest BCUT2D eigenvalue weighted by Crippen LogP contribution is 2.30. The Hall–Kier alpha value is -2.19. The molecule has 0 aliphatic carbocycles. The molecule has 0 amide bonds. The molecule has 0 bridgehead atoms. The van der Waals surface area contributed by atoms with Crippen molar-refractivity contribution < 1.29 is 22.7 Å². The number of carbonyl (C=O) groups is 2. The summed E-state index contributed by atoms with van der Waals surface area (Å²) in [5.74, 6) is -1.40. The van der Waals surface area contributed by atoms with Crippen molar-refractivity contribution in [2.24, 2.45) is 0 Å². The number of nitrogens with zero attached hydrogens (tertiary/aromatic N) is 2. The maximum atomic E-state index is 12.6. The van der Waals surface area contributed by atoms with Crippen LogP contribution in [0.1, 0.15) is 33.2 Å². The van der Waals surface area contributed by atoms with Crippen LogP contribution in [-0.2, 0) is 21.1 Å². The molecule has 0 aliphatic rings. The molecule has 24 heavy (non-hydrogen) atoms. The highest BCUT2D eigenvalue weighted by molar-refractivity contribution is 7.90. The Morgan fingerprint density at radius 2 is 2.00 bits per heavy atom. The number of aromatic nitrogens is 2. The third-order valence-electron chi connectivity index (χ3n) is 3.36. The number of aryl methyl sites for hydroxylation is 1. The average molecular weight is 371 g/mol. The first kappa shape index (κ1) is 18.2. The lowest BCUT2D eigenvalue weighted by Crippen LogP contribution is -2.13. The normalized spacial score (nSPS) is 11.3. The molecule has 0 radical (unpaired) electrons. The molecule has 0 saturated heterocycles. The van der Waals surface area contributed by atoms with E-state index in [1.54, 1.807) is 10.9 Å². The van der Waals surface area contributed by atoms with Gasteiger partial charge < -0.3 is 4.74 Å². The van der Waals surface area contributed by atoms with E-state index < -0.39 is 21.6 Å². The Labute approximate surface area is 144 Å². The van der Waals surface area contributed by atoms with Crippen molar-refractivity contribution in [3.63, 3.8) is 0 Å². The molecular weight excluding hydrogens is 356 g/mol. The van der Waals surface area contributed by atoms with E-state index in [1.165, 1.54) is 18.3 Å². The number of hydrogen-bond donors (Lipinski definition) is 0. The van der Waals surface area contributed by atoms with Gasteiger partial charge in [0.1, 0.15) is 0 Å². The first-order valence-electron chi connectivity index (χ1n) is 6.88. The Kier molecular flexibility index (Phi) is 5.10. The van der Waals surface area contributed by atoms with E-state index in [-0.39, 0.29) is 26.6 Å². The number of benzene rings is 1. The van der Waals surface area contributed by atoms with Crippen LogP contribution >= 0.6 is 11.6 Å². The monoisotopic (exact) mass is 370 g/mol. The van der Waals surface area contributed by atoms with Crippen molar-refractivity contribution >= 4 is 33.2 Å². The van der Waals surface area contributed by atoms with E-state index in [9.17, 15) is 18.0 Å². The molecule has 0 aliphatic heterocycles. The number of ketones is 1. The highest BCUT2D eigenvalue weighted by atomic mass is 35.5. The van der Waals surface area contributed by atoms with Gasteiger partial charge in [-0.25, -0.2) is 13.2 Å². The van der Waals surface area contributed by atoms with Crippen molar-refractivity contribution in [3.8, 4) is 0 Å². The van der Waals surface area contributed by atoms with Gasteiger partial charge in [-0.15, -0.1) is 0 Å². The number of methoxy groups -OCH3 is 1. The highest BCUT2D eigenvalue weighted by Gasteiger charge is 2.27. The van der Waals surface area contributed by atoms with Crippen LogP contribution in [-0.4, -0.2) is 43.3 Å². The Morgan fingerprint density at radius 3 is 2.50 bits per heavy atom. The van der Waals surface area contributed by atoms with Gasteiger partial charge in [0.25, 0.3) is 0 Å². The van der Waals surface area contributed by atoms with Crippen LogP contribution in [0, 0.1) is 0 Å². The number of ether oxygens (including phenoxy) is 1. The third kappa shape index (κ3) is 3.34. The van der Waals surface area contributed by atoms with Gasteiger partial charge >= 0.3 is 5.97 Å². The fourth-order valence-electron chi connectivity index (χ4n) is 2.14. The van der Waals surface area contributed by atoms with E-state index in [0.29, 0.717) is 6.54 Å². The van der Waals surface area contributed by atoms with Gasteiger partial charge in [-0.2, -0.15) is 5.10 Å². The first-order valence-corrected chi connectivity index (χ1v) is 9.15. The third-order valence-corrected chi connectivity index (χ3v) is 4.89. The molecule has 0 unspecified atom stereocenters. The summed E-state index contributed by atoms with van der Waals surface area (Å²) in [4.78, 5) is 24.3. The summed E-state index contributed by atoms with van der Waals surface area (Å²) in [6, 6.07) is 2.45. The van der Waals surface area contributed by atoms with Crippen molar-refractivity contribution in [1.29, 1.82) is 0 Å². The number of halogens is 1. The maximum absolute atomic E-state index is 12.6. The Morgan fingerprint density at radius 1 is 1.33 bits per heavy atom. The van der Waals surface area contributed by atoms with E-state index in [1.807, 2.05) is 6.92 Å². The van der Waals surface area contributed by atoms with Crippen LogP contribution in [0.3, 0.4) is 0 Å². The summed E-state index contributed by atoms with van der Waals surface area (Å²) in [7, 11) is -2.63. The van der Waals surface area contributed by atoms with Gasteiger partial charge in [-0.1, -0.05) is 11.6 Å². The molecule has 9 heteroatoms. The second-order valence-electron chi connectivity index (χ2n) is 4.98. The quantitative estimate of drug-likeness (QED) is 0.590. The molecule has 0 fully saturated rings. The van der Waals surface area contributed by atoms with Crippen LogP contribution in [0.25, 0.3) is 0 Å². The van der Waals surface area contributed by atoms with Crippen LogP contribution in [0.15, 0.2) is 29.4 Å². The minimum Gasteiger partial charge on any atom is -0.465 e. The summed E-state index contributed by atoms with van der Waals surface area (Å²) in [5, 5.41) is 3.74. The maximum Gasteiger partial charge on any atom is 0.340 e. The molecule has 0 saturated carbocycles. The summed E-state index contributed by atoms with van der Waals surface area (Å²) >= 11 is 6.17. The first-order chi connectivity index (χ1) is 11.2. The van der Waals surface area contributed by atoms with Crippen LogP contribution in [0.2, 0.25) is 5.02 Å². The number of carbonyl (C=O) groups excluding carboxylic acids is 2. The Bertz CT molecular complexity index is 918. The average Bonchev–Trinajstić information content (AvgIpc) is 3.01. The molecule has 0 atom stereocenters. The topological polar surface area (TPSA) is 95.3 Å². The van der Waals surface area contributed by atoms with Gasteiger partial charge in [-0.05, 0) is 19.1 Å². The van der Waals surface area contributed by atoms with Crippen molar-refractivity contribution in [2.75, 3.05) is 13.4 Å². The number of esters is 1. The molecule has 2 rings (SSSR count). The SMILES string of the molecule is CCn1cc(C(=O)c2ccc(S(C)(=O)=O)c(C(=O)OC)c2Cl)cn1. The minimum absolute atomic E-state index is 0.000111. The van der Waals surface area contributed by atoms with Gasteiger partial charge in [0, 0.05) is 24.6 Å². The molecule has 128 valence electrons. The predicted octanol–water partition coefficient (Wildman–Crippen LogP) is 1.98. The molecule has 1 heterocycles. The largest absolute Gasteiger partial charge is 0.465 e. The zero-order chi connectivity index (χ0) is 18.1. The molecule has 0 N–H and O–H groups in total. The lowest BCUT2D eigenvalue weighted by molar-refractivity contribution is 0.0596. The number of rotatable bonds is 5. The summed E-state index contributed by atoms with van der Waals surface area (Å²) in [6.45, 7) is 2.45. The molecule has 2 aromatic rings. The summed E-state index contributed by atoms with van der Waals surface area (Å²) < 4.78 is 29.9. The van der Waals surface area contributed by atoms with Crippen molar-refractivity contribution in [2.45, 2.75) is 18.4 Å². The minimum atomic E-state index is -3.73. The van der Waals surface area contributed by atoms with Gasteiger partial charge in [0.05, 0.1) is 34.4 Å². The Balaban J connectivity index is 2.64. The van der Waals surface area contributed by atoms with E-state index in [4.69, 9.17) is 11.6 Å². The van der Waals surface area contributed by atoms with Crippen molar-refractivity contribution in [3.05, 3.63) is 46.2 Å². The lowest BCUT2D eigenvalue weighted by atomic mass is 10.0. The molecule has 0 spiro atoms. The lowest BCUT2D eigenvalue weighted by Gasteiger charge is -2.11. The van der Waals surface area contributed by atoms with E-state index in [0.717, 1.165) is 13.4 Å². The van der Waals surface area contributed by atoms with Crippen LogP contribution in [0.5, 0.6) is 0 Å². The van der Waals surface area contributed by atoms with Crippen LogP contribution in [0.4, 0.5) is 0 Å². The molecular formula is C15H15ClN2O5S. The van der Waals surface area contributed by atoms with Crippen molar-refractivity contribution in [1.82, 2.24) is 9.78 Å². The fourth-order valence-corrected chi connectivity index (χ4v) is 3.40. The summed E-state index contributed by atoms with van der Waals surface area (Å²) in [5.41, 5.74) is -0.0720. The predicted molar refractivity (Wildman–Crippen MR) is 87.2 cm³/mol. The second-order valence-corrected chi connectivity index (χ2v) is 7.34. The fraction of sp³-hybridized carbons (Fsp3) is 0.267. The van der Waals surface area contributed by atoms with E-state index >= 15 is 0 Å². The number of hydrogen-bond acceptors (Lipinski definition) is 6. The second kappa shape index (κ2) is 6.74. The standard InChI is InChI=1S/C15H15ClN2O5S/c1-4-18-8-9(7-17-18)14(19)10-5-6-11(24(3,21)22)12(13(10)16)15(20)23-2/h5-8H,4H2,1-3H3.